The van der Waals surface area contributed by atoms with Gasteiger partial charge in [-0.15, -0.1) is 0 Å². The Balaban J connectivity index is 1.54. The molecule has 1 saturated heterocycles. The molecule has 2 aromatic rings. The number of hydrogen-bond acceptors (Lipinski definition) is 5. The molecule has 1 fully saturated rings. The maximum absolute atomic E-state index is 12.2. The van der Waals surface area contributed by atoms with E-state index in [0.29, 0.717) is 36.4 Å². The van der Waals surface area contributed by atoms with E-state index in [0.717, 1.165) is 11.3 Å². The fraction of sp³-hybridized carbons (Fsp3) is 0.389. The number of benzene rings is 1. The molecule has 1 atom stereocenters. The van der Waals surface area contributed by atoms with E-state index in [9.17, 15) is 4.79 Å². The summed E-state index contributed by atoms with van der Waals surface area (Å²) >= 11 is 6.60. The lowest BCUT2D eigenvalue weighted by atomic mass is 10.0. The van der Waals surface area contributed by atoms with Crippen molar-refractivity contribution in [1.29, 1.82) is 0 Å². The highest BCUT2D eigenvalue weighted by molar-refractivity contribution is 6.33. The highest BCUT2D eigenvalue weighted by Gasteiger charge is 2.41. The van der Waals surface area contributed by atoms with Crippen LogP contribution in [0.25, 0.3) is 0 Å². The summed E-state index contributed by atoms with van der Waals surface area (Å²) in [5.74, 6) is 1.40. The second kappa shape index (κ2) is 6.64. The Morgan fingerprint density at radius 2 is 2.27 bits per heavy atom. The van der Waals surface area contributed by atoms with Crippen LogP contribution >= 0.6 is 11.6 Å². The molecule has 2 aliphatic heterocycles. The van der Waals surface area contributed by atoms with Crippen molar-refractivity contribution in [3.05, 3.63) is 41.4 Å². The van der Waals surface area contributed by atoms with Crippen molar-refractivity contribution >= 4 is 29.2 Å². The molecule has 0 radical (unpaired) electrons. The normalized spacial score (nSPS) is 18.5. The second-order valence-corrected chi connectivity index (χ2v) is 7.14. The predicted molar refractivity (Wildman–Crippen MR) is 98.6 cm³/mol. The fourth-order valence-electron chi connectivity index (χ4n) is 3.38. The van der Waals surface area contributed by atoms with Gasteiger partial charge in [0.15, 0.2) is 0 Å². The number of ether oxygens (including phenoxy) is 1. The molecular formula is C18H20ClN5O2. The lowest BCUT2D eigenvalue weighted by Crippen LogP contribution is -2.40. The summed E-state index contributed by atoms with van der Waals surface area (Å²) in [7, 11) is 0. The fourth-order valence-corrected chi connectivity index (χ4v) is 3.65. The van der Waals surface area contributed by atoms with Gasteiger partial charge in [0.2, 0.25) is 11.9 Å². The molecular weight excluding hydrogens is 354 g/mol. The number of nitrogens with one attached hydrogen (secondary N) is 1. The zero-order valence-corrected chi connectivity index (χ0v) is 15.4. The van der Waals surface area contributed by atoms with Crippen molar-refractivity contribution in [1.82, 2.24) is 19.8 Å². The number of halogens is 1. The van der Waals surface area contributed by atoms with E-state index in [1.54, 1.807) is 12.5 Å². The highest BCUT2D eigenvalue weighted by Crippen LogP contribution is 2.39. The van der Waals surface area contributed by atoms with Crippen molar-refractivity contribution < 1.29 is 9.53 Å². The van der Waals surface area contributed by atoms with E-state index in [1.165, 1.54) is 0 Å². The Bertz CT molecular complexity index is 863. The Hall–Kier alpha value is -2.54. The van der Waals surface area contributed by atoms with Crippen molar-refractivity contribution in [3.63, 3.8) is 0 Å². The summed E-state index contributed by atoms with van der Waals surface area (Å²) < 4.78 is 7.79. The zero-order chi connectivity index (χ0) is 18.3. The van der Waals surface area contributed by atoms with E-state index in [4.69, 9.17) is 16.3 Å². The Morgan fingerprint density at radius 3 is 3.00 bits per heavy atom. The number of rotatable bonds is 5. The number of nitrogens with zero attached hydrogens (tertiary/aromatic N) is 4. The number of fused-ring (bicyclic) bond motifs is 2. The third-order valence-electron chi connectivity index (χ3n) is 4.65. The molecule has 1 N–H and O–H groups in total. The van der Waals surface area contributed by atoms with Gasteiger partial charge in [-0.05, 0) is 18.1 Å². The number of imidazole rings is 1. The molecule has 1 amide bonds. The van der Waals surface area contributed by atoms with Crippen molar-refractivity contribution in [3.8, 4) is 5.75 Å². The third kappa shape index (κ3) is 2.92. The lowest BCUT2D eigenvalue weighted by Gasteiger charge is -2.30. The van der Waals surface area contributed by atoms with Gasteiger partial charge in [-0.1, -0.05) is 25.4 Å². The third-order valence-corrected chi connectivity index (χ3v) is 5.06. The molecule has 2 aliphatic rings. The van der Waals surface area contributed by atoms with E-state index < -0.39 is 0 Å². The van der Waals surface area contributed by atoms with Crippen LogP contribution in [0.5, 0.6) is 5.75 Å². The zero-order valence-electron chi connectivity index (χ0n) is 14.6. The van der Waals surface area contributed by atoms with E-state index in [1.807, 2.05) is 41.6 Å². The first-order valence-electron chi connectivity index (χ1n) is 8.60. The Morgan fingerprint density at radius 1 is 1.42 bits per heavy atom. The molecule has 0 saturated carbocycles. The average Bonchev–Trinajstić information content (AvgIpc) is 3.21. The largest absolute Gasteiger partial charge is 0.490 e. The number of aliphatic imine (C=N–C) groups is 1. The minimum absolute atomic E-state index is 0.0144. The van der Waals surface area contributed by atoms with Crippen molar-refractivity contribution in [2.75, 3.05) is 6.61 Å². The molecule has 26 heavy (non-hydrogen) atoms. The molecule has 3 heterocycles. The standard InChI is InChI=1S/C18H20ClN5O2/c1-11(2)16-17(25)22-18-21-13-3-4-14(15(19)12(13)9-24(16)18)26-8-7-23-6-5-20-10-23/h3-6,10-11,16H,7-9H2,1-2H3,(H,21,22,25). The van der Waals surface area contributed by atoms with Gasteiger partial charge in [-0.3, -0.25) is 10.1 Å². The first kappa shape index (κ1) is 16.9. The number of amides is 1. The summed E-state index contributed by atoms with van der Waals surface area (Å²) in [4.78, 5) is 22.8. The van der Waals surface area contributed by atoms with Crippen LogP contribution in [-0.2, 0) is 17.9 Å². The molecule has 0 aliphatic carbocycles. The van der Waals surface area contributed by atoms with Crippen molar-refractivity contribution in [2.24, 2.45) is 10.9 Å². The Kier molecular flexibility index (Phi) is 4.32. The Labute approximate surface area is 156 Å². The molecule has 7 nitrogen and oxygen atoms in total. The second-order valence-electron chi connectivity index (χ2n) is 6.77. The van der Waals surface area contributed by atoms with Crippen LogP contribution in [0.3, 0.4) is 0 Å². The van der Waals surface area contributed by atoms with Crippen LogP contribution in [0.15, 0.2) is 35.8 Å². The molecule has 8 heteroatoms. The van der Waals surface area contributed by atoms with Crippen LogP contribution in [0.1, 0.15) is 19.4 Å². The van der Waals surface area contributed by atoms with Gasteiger partial charge in [0, 0.05) is 18.0 Å². The summed E-state index contributed by atoms with van der Waals surface area (Å²) in [6, 6.07) is 3.47. The number of carbonyl (C=O) groups excluding carboxylic acids is 1. The molecule has 0 bridgehead atoms. The van der Waals surface area contributed by atoms with Gasteiger partial charge >= 0.3 is 0 Å². The van der Waals surface area contributed by atoms with Crippen LogP contribution in [0.2, 0.25) is 5.02 Å². The van der Waals surface area contributed by atoms with Crippen molar-refractivity contribution in [2.45, 2.75) is 33.0 Å². The first-order valence-corrected chi connectivity index (χ1v) is 8.98. The number of hydrogen-bond donors (Lipinski definition) is 1. The van der Waals surface area contributed by atoms with Gasteiger partial charge in [-0.2, -0.15) is 0 Å². The molecule has 4 rings (SSSR count). The topological polar surface area (TPSA) is 71.7 Å². The molecule has 0 spiro atoms. The van der Waals surface area contributed by atoms with Crippen LogP contribution in [0.4, 0.5) is 5.69 Å². The summed E-state index contributed by atoms with van der Waals surface area (Å²) in [6.45, 7) is 5.77. The smallest absolute Gasteiger partial charge is 0.249 e. The van der Waals surface area contributed by atoms with Gasteiger partial charge in [0.1, 0.15) is 18.4 Å². The molecule has 136 valence electrons. The summed E-state index contributed by atoms with van der Waals surface area (Å²) in [5.41, 5.74) is 1.66. The van der Waals surface area contributed by atoms with E-state index in [2.05, 4.69) is 15.3 Å². The summed E-state index contributed by atoms with van der Waals surface area (Å²) in [5, 5.41) is 3.42. The van der Waals surface area contributed by atoms with E-state index >= 15 is 0 Å². The average molecular weight is 374 g/mol. The quantitative estimate of drug-likeness (QED) is 0.874. The predicted octanol–water partition coefficient (Wildman–Crippen LogP) is 2.57. The maximum Gasteiger partial charge on any atom is 0.249 e. The van der Waals surface area contributed by atoms with Gasteiger partial charge in [0.05, 0.1) is 30.1 Å². The van der Waals surface area contributed by atoms with Gasteiger partial charge < -0.3 is 14.2 Å². The molecule has 1 aromatic carbocycles. The SMILES string of the molecule is CC(C)C1C(=O)NC2=Nc3ccc(OCCn4ccnc4)c(Cl)c3CN21. The number of aromatic nitrogens is 2. The van der Waals surface area contributed by atoms with E-state index in [-0.39, 0.29) is 17.9 Å². The summed E-state index contributed by atoms with van der Waals surface area (Å²) in [6.07, 6.45) is 5.37. The van der Waals surface area contributed by atoms with Gasteiger partial charge in [0.25, 0.3) is 0 Å². The minimum atomic E-state index is -0.233. The minimum Gasteiger partial charge on any atom is -0.490 e. The van der Waals surface area contributed by atoms with Crippen LogP contribution in [0, 0.1) is 5.92 Å². The van der Waals surface area contributed by atoms with Gasteiger partial charge in [-0.25, -0.2) is 9.98 Å². The maximum atomic E-state index is 12.2. The van der Waals surface area contributed by atoms with Crippen LogP contribution < -0.4 is 10.1 Å². The molecule has 1 unspecified atom stereocenters. The van der Waals surface area contributed by atoms with Crippen LogP contribution in [-0.4, -0.2) is 39.0 Å². The first-order chi connectivity index (χ1) is 12.5. The monoisotopic (exact) mass is 373 g/mol. The lowest BCUT2D eigenvalue weighted by molar-refractivity contribution is -0.122. The number of guanidine groups is 1. The number of carbonyl (C=O) groups is 1. The molecule has 1 aromatic heterocycles. The highest BCUT2D eigenvalue weighted by atomic mass is 35.5.